The van der Waals surface area contributed by atoms with Crippen LogP contribution in [0.5, 0.6) is 0 Å². The summed E-state index contributed by atoms with van der Waals surface area (Å²) in [6.07, 6.45) is 0.177. The van der Waals surface area contributed by atoms with Crippen molar-refractivity contribution in [2.45, 2.75) is 38.8 Å². The number of aliphatic carboxylic acids is 1. The van der Waals surface area contributed by atoms with Gasteiger partial charge >= 0.3 is 16.2 Å². The predicted molar refractivity (Wildman–Crippen MR) is 75.9 cm³/mol. The number of nitrogens with one attached hydrogen (secondary N) is 1. The molecule has 1 aromatic carbocycles. The Morgan fingerprint density at radius 3 is 2.50 bits per heavy atom. The summed E-state index contributed by atoms with van der Waals surface area (Å²) in [5, 5.41) is 9.28. The van der Waals surface area contributed by atoms with Crippen LogP contribution in [0.4, 0.5) is 5.69 Å². The maximum atomic E-state index is 12.5. The van der Waals surface area contributed by atoms with Crippen molar-refractivity contribution >= 4 is 21.9 Å². The van der Waals surface area contributed by atoms with Crippen LogP contribution >= 0.6 is 0 Å². The molecule has 1 aliphatic rings. The number of anilines is 1. The minimum Gasteiger partial charge on any atom is -0.480 e. The highest BCUT2D eigenvalue weighted by atomic mass is 32.2. The molecule has 2 rings (SSSR count). The first-order valence-corrected chi connectivity index (χ1v) is 7.70. The van der Waals surface area contributed by atoms with Crippen LogP contribution in [0.3, 0.4) is 0 Å². The highest BCUT2D eigenvalue weighted by Crippen LogP contribution is 2.34. The van der Waals surface area contributed by atoms with E-state index in [1.165, 1.54) is 0 Å². The van der Waals surface area contributed by atoms with E-state index in [0.717, 1.165) is 9.87 Å². The monoisotopic (exact) mass is 298 g/mol. The van der Waals surface area contributed by atoms with Gasteiger partial charge in [0.15, 0.2) is 0 Å². The maximum absolute atomic E-state index is 12.5. The maximum Gasteiger partial charge on any atom is 0.327 e. The summed E-state index contributed by atoms with van der Waals surface area (Å²) in [5.41, 5.74) is 0.468. The van der Waals surface area contributed by atoms with Crippen molar-refractivity contribution in [2.75, 3.05) is 4.31 Å². The molecule has 0 bridgehead atoms. The molecule has 7 heteroatoms. The van der Waals surface area contributed by atoms with Crippen molar-refractivity contribution in [3.8, 4) is 0 Å². The van der Waals surface area contributed by atoms with Crippen LogP contribution in [0, 0.1) is 0 Å². The number of carbonyl (C=O) groups is 1. The van der Waals surface area contributed by atoms with Crippen molar-refractivity contribution in [2.24, 2.45) is 0 Å². The molecule has 20 heavy (non-hydrogen) atoms. The quantitative estimate of drug-likeness (QED) is 0.876. The van der Waals surface area contributed by atoms with Crippen LogP contribution in [0.2, 0.25) is 0 Å². The first-order valence-electron chi connectivity index (χ1n) is 6.26. The molecule has 0 fully saturated rings. The van der Waals surface area contributed by atoms with Crippen LogP contribution in [-0.4, -0.2) is 31.1 Å². The van der Waals surface area contributed by atoms with Gasteiger partial charge in [-0.2, -0.15) is 13.1 Å². The van der Waals surface area contributed by atoms with E-state index in [1.807, 2.05) is 0 Å². The molecular formula is C13H18N2O4S. The van der Waals surface area contributed by atoms with Gasteiger partial charge in [-0.05, 0) is 32.4 Å². The smallest absolute Gasteiger partial charge is 0.327 e. The molecule has 1 aromatic rings. The molecule has 0 aromatic heterocycles. The first kappa shape index (κ1) is 14.8. The van der Waals surface area contributed by atoms with E-state index >= 15 is 0 Å². The van der Waals surface area contributed by atoms with Gasteiger partial charge in [-0.1, -0.05) is 18.2 Å². The lowest BCUT2D eigenvalue weighted by atomic mass is 10.1. The number of carboxylic acid groups (broad SMARTS) is 1. The zero-order valence-electron chi connectivity index (χ0n) is 11.6. The fourth-order valence-electron chi connectivity index (χ4n) is 2.28. The van der Waals surface area contributed by atoms with E-state index in [-0.39, 0.29) is 6.42 Å². The molecule has 1 heterocycles. The van der Waals surface area contributed by atoms with E-state index in [0.29, 0.717) is 5.69 Å². The molecule has 0 saturated carbocycles. The fraction of sp³-hybridized carbons (Fsp3) is 0.462. The highest BCUT2D eigenvalue weighted by Gasteiger charge is 2.42. The van der Waals surface area contributed by atoms with Crippen molar-refractivity contribution in [1.82, 2.24) is 4.72 Å². The second-order valence-electron chi connectivity index (χ2n) is 5.84. The largest absolute Gasteiger partial charge is 0.480 e. The lowest BCUT2D eigenvalue weighted by Gasteiger charge is -2.29. The molecule has 1 atom stereocenters. The Kier molecular flexibility index (Phi) is 3.51. The Bertz CT molecular complexity index is 634. The number of nitrogens with zero attached hydrogens (tertiary/aromatic N) is 1. The van der Waals surface area contributed by atoms with E-state index < -0.39 is 27.8 Å². The van der Waals surface area contributed by atoms with Crippen LogP contribution in [0.15, 0.2) is 24.3 Å². The number of rotatable bonds is 3. The topological polar surface area (TPSA) is 86.7 Å². The summed E-state index contributed by atoms with van der Waals surface area (Å²) in [6, 6.07) is 5.73. The molecule has 2 N–H and O–H groups in total. The summed E-state index contributed by atoms with van der Waals surface area (Å²) >= 11 is 0. The second kappa shape index (κ2) is 4.75. The molecular weight excluding hydrogens is 280 g/mol. The number of hydrogen-bond donors (Lipinski definition) is 2. The van der Waals surface area contributed by atoms with Crippen molar-refractivity contribution in [3.63, 3.8) is 0 Å². The van der Waals surface area contributed by atoms with E-state index in [1.54, 1.807) is 45.0 Å². The van der Waals surface area contributed by atoms with Crippen LogP contribution in [0.1, 0.15) is 26.3 Å². The van der Waals surface area contributed by atoms with E-state index in [4.69, 9.17) is 0 Å². The average Bonchev–Trinajstić information content (AvgIpc) is 2.65. The molecule has 0 radical (unpaired) electrons. The third-order valence-electron chi connectivity index (χ3n) is 2.90. The third kappa shape index (κ3) is 2.78. The van der Waals surface area contributed by atoms with Gasteiger partial charge in [0.05, 0.1) is 5.69 Å². The lowest BCUT2D eigenvalue weighted by Crippen LogP contribution is -2.53. The minimum atomic E-state index is -3.92. The summed E-state index contributed by atoms with van der Waals surface area (Å²) in [4.78, 5) is 11.4. The average molecular weight is 298 g/mol. The fourth-order valence-corrected chi connectivity index (χ4v) is 4.09. The van der Waals surface area contributed by atoms with Crippen LogP contribution in [0.25, 0.3) is 0 Å². The van der Waals surface area contributed by atoms with Gasteiger partial charge in [0.25, 0.3) is 0 Å². The van der Waals surface area contributed by atoms with Crippen molar-refractivity contribution < 1.29 is 18.3 Å². The highest BCUT2D eigenvalue weighted by molar-refractivity contribution is 7.91. The van der Waals surface area contributed by atoms with Crippen molar-refractivity contribution in [3.05, 3.63) is 29.8 Å². The normalized spacial score (nSPS) is 18.9. The van der Waals surface area contributed by atoms with Gasteiger partial charge in [0, 0.05) is 12.0 Å². The minimum absolute atomic E-state index is 0.177. The Morgan fingerprint density at radius 2 is 1.95 bits per heavy atom. The molecule has 1 unspecified atom stereocenters. The summed E-state index contributed by atoms with van der Waals surface area (Å²) in [5.74, 6) is -1.15. The van der Waals surface area contributed by atoms with E-state index in [9.17, 15) is 18.3 Å². The summed E-state index contributed by atoms with van der Waals surface area (Å²) in [7, 11) is -3.92. The summed E-state index contributed by atoms with van der Waals surface area (Å²) < 4.78 is 28.4. The van der Waals surface area contributed by atoms with Gasteiger partial charge in [-0.3, -0.25) is 0 Å². The SMILES string of the molecule is CC(C)(C)NS(=O)(=O)N1c2ccccc2CC1C(=O)O. The zero-order valence-corrected chi connectivity index (χ0v) is 12.4. The van der Waals surface area contributed by atoms with Gasteiger partial charge in [0.2, 0.25) is 0 Å². The molecule has 6 nitrogen and oxygen atoms in total. The van der Waals surface area contributed by atoms with E-state index in [2.05, 4.69) is 4.72 Å². The Labute approximate surface area is 118 Å². The number of carboxylic acids is 1. The molecule has 110 valence electrons. The Hall–Kier alpha value is -1.60. The van der Waals surface area contributed by atoms with Gasteiger partial charge in [-0.25, -0.2) is 9.10 Å². The third-order valence-corrected chi connectivity index (χ3v) is 4.74. The number of benzene rings is 1. The molecule has 0 amide bonds. The van der Waals surface area contributed by atoms with Gasteiger partial charge in [-0.15, -0.1) is 0 Å². The molecule has 1 aliphatic heterocycles. The molecule has 0 saturated heterocycles. The predicted octanol–water partition coefficient (Wildman–Crippen LogP) is 1.14. The number of fused-ring (bicyclic) bond motifs is 1. The second-order valence-corrected chi connectivity index (χ2v) is 7.39. The standard InChI is InChI=1S/C13H18N2O4S/c1-13(2,3)14-20(18,19)15-10-7-5-4-6-9(10)8-11(15)12(16)17/h4-7,11,14H,8H2,1-3H3,(H,16,17). The van der Waals surface area contributed by atoms with Crippen LogP contribution < -0.4 is 9.03 Å². The Balaban J connectivity index is 2.49. The van der Waals surface area contributed by atoms with Crippen LogP contribution in [-0.2, 0) is 21.4 Å². The number of para-hydroxylation sites is 1. The first-order chi connectivity index (χ1) is 9.12. The molecule has 0 spiro atoms. The number of hydrogen-bond acceptors (Lipinski definition) is 3. The van der Waals surface area contributed by atoms with Gasteiger partial charge in [0.1, 0.15) is 6.04 Å². The lowest BCUT2D eigenvalue weighted by molar-refractivity contribution is -0.138. The van der Waals surface area contributed by atoms with Crippen molar-refractivity contribution in [1.29, 1.82) is 0 Å². The van der Waals surface area contributed by atoms with Gasteiger partial charge < -0.3 is 5.11 Å². The summed E-state index contributed by atoms with van der Waals surface area (Å²) in [6.45, 7) is 5.13. The zero-order chi connectivity index (χ0) is 15.1. The molecule has 0 aliphatic carbocycles. The Morgan fingerprint density at radius 1 is 1.35 bits per heavy atom.